The lowest BCUT2D eigenvalue weighted by atomic mass is 9.43. The van der Waals surface area contributed by atoms with Gasteiger partial charge in [-0.15, -0.1) is 13.2 Å². The van der Waals surface area contributed by atoms with Gasteiger partial charge in [0.15, 0.2) is 5.78 Å². The molecule has 1 aromatic carbocycles. The molecule has 0 aliphatic heterocycles. The van der Waals surface area contributed by atoms with Gasteiger partial charge in [0.25, 0.3) is 0 Å². The first kappa shape index (κ1) is 25.4. The Labute approximate surface area is 195 Å². The Kier molecular flexibility index (Phi) is 6.37. The number of ketones is 1. The molecule has 0 radical (unpaired) electrons. The van der Waals surface area contributed by atoms with Crippen LogP contribution in [0.3, 0.4) is 0 Å². The SMILES string of the molecule is O=CN(CC(=O)c1ccc(C(F)(F)F)cc1)C12CC(NC(=O)COC3CC(OC(F)(F)F)C3)(C1)C2. The van der Waals surface area contributed by atoms with E-state index in [1.54, 1.807) is 0 Å². The second-order valence-electron chi connectivity index (χ2n) is 9.40. The predicted octanol–water partition coefficient (Wildman–Crippen LogP) is 3.22. The molecule has 0 aromatic heterocycles. The molecule has 2 bridgehead atoms. The van der Waals surface area contributed by atoms with E-state index in [0.29, 0.717) is 25.7 Å². The summed E-state index contributed by atoms with van der Waals surface area (Å²) in [7, 11) is 0. The maximum atomic E-state index is 12.7. The van der Waals surface area contributed by atoms with Crippen LogP contribution >= 0.6 is 0 Å². The lowest BCUT2D eigenvalue weighted by Gasteiger charge is -2.72. The molecule has 192 valence electrons. The molecule has 1 aromatic rings. The highest BCUT2D eigenvalue weighted by Gasteiger charge is 2.71. The Morgan fingerprint density at radius 1 is 1.03 bits per heavy atom. The second kappa shape index (κ2) is 8.77. The fourth-order valence-electron chi connectivity index (χ4n) is 5.04. The van der Waals surface area contributed by atoms with Gasteiger partial charge in [0.2, 0.25) is 12.3 Å². The third-order valence-corrected chi connectivity index (χ3v) is 6.79. The first-order chi connectivity index (χ1) is 16.2. The fraction of sp³-hybridized carbons (Fsp3) is 0.591. The summed E-state index contributed by atoms with van der Waals surface area (Å²) in [5, 5.41) is 2.81. The molecule has 2 amide bonds. The summed E-state index contributed by atoms with van der Waals surface area (Å²) in [6.07, 6.45) is -8.84. The van der Waals surface area contributed by atoms with Crippen LogP contribution in [0.15, 0.2) is 24.3 Å². The van der Waals surface area contributed by atoms with E-state index >= 15 is 0 Å². The lowest BCUT2D eigenvalue weighted by Crippen LogP contribution is -2.84. The highest BCUT2D eigenvalue weighted by Crippen LogP contribution is 2.63. The average molecular weight is 508 g/mol. The number of benzene rings is 1. The molecule has 13 heteroatoms. The summed E-state index contributed by atoms with van der Waals surface area (Å²) >= 11 is 0. The van der Waals surface area contributed by atoms with Gasteiger partial charge in [0.1, 0.15) is 6.61 Å². The van der Waals surface area contributed by atoms with Crippen molar-refractivity contribution in [1.29, 1.82) is 0 Å². The number of carbonyl (C=O) groups excluding carboxylic acids is 3. The van der Waals surface area contributed by atoms with Gasteiger partial charge in [0, 0.05) is 29.5 Å². The van der Waals surface area contributed by atoms with Crippen molar-refractivity contribution in [3.05, 3.63) is 35.4 Å². The third-order valence-electron chi connectivity index (χ3n) is 6.79. The normalized spacial score (nSPS) is 29.3. The van der Waals surface area contributed by atoms with Crippen molar-refractivity contribution >= 4 is 18.1 Å². The molecule has 4 saturated carbocycles. The summed E-state index contributed by atoms with van der Waals surface area (Å²) in [6.45, 7) is -0.618. The minimum Gasteiger partial charge on any atom is -0.368 e. The van der Waals surface area contributed by atoms with Crippen LogP contribution in [0.2, 0.25) is 0 Å². The molecule has 0 saturated heterocycles. The van der Waals surface area contributed by atoms with Crippen molar-refractivity contribution in [1.82, 2.24) is 10.2 Å². The molecular weight excluding hydrogens is 486 g/mol. The van der Waals surface area contributed by atoms with Crippen LogP contribution in [0.5, 0.6) is 0 Å². The van der Waals surface area contributed by atoms with Gasteiger partial charge in [-0.3, -0.25) is 19.1 Å². The quantitative estimate of drug-likeness (QED) is 0.298. The molecule has 0 heterocycles. The average Bonchev–Trinajstić information content (AvgIpc) is 2.68. The van der Waals surface area contributed by atoms with E-state index in [1.165, 1.54) is 4.90 Å². The zero-order valence-corrected chi connectivity index (χ0v) is 18.2. The van der Waals surface area contributed by atoms with E-state index in [4.69, 9.17) is 4.74 Å². The highest BCUT2D eigenvalue weighted by molar-refractivity contribution is 5.98. The Bertz CT molecular complexity index is 968. The van der Waals surface area contributed by atoms with Gasteiger partial charge in [-0.25, -0.2) is 0 Å². The van der Waals surface area contributed by atoms with E-state index < -0.39 is 53.1 Å². The van der Waals surface area contributed by atoms with Crippen LogP contribution in [0.25, 0.3) is 0 Å². The number of hydrogen-bond acceptors (Lipinski definition) is 5. The van der Waals surface area contributed by atoms with Crippen molar-refractivity contribution in [3.8, 4) is 0 Å². The number of amides is 2. The molecule has 4 aliphatic rings. The number of rotatable bonds is 10. The molecule has 7 nitrogen and oxygen atoms in total. The van der Waals surface area contributed by atoms with Crippen molar-refractivity contribution in [2.75, 3.05) is 13.2 Å². The first-order valence-electron chi connectivity index (χ1n) is 10.8. The topological polar surface area (TPSA) is 84.9 Å². The van der Waals surface area contributed by atoms with Gasteiger partial charge < -0.3 is 15.0 Å². The fourth-order valence-corrected chi connectivity index (χ4v) is 5.04. The number of alkyl halides is 6. The van der Waals surface area contributed by atoms with Gasteiger partial charge >= 0.3 is 12.5 Å². The number of carbonyl (C=O) groups is 3. The largest absolute Gasteiger partial charge is 0.522 e. The minimum absolute atomic E-state index is 0.0439. The number of nitrogens with zero attached hydrogens (tertiary/aromatic N) is 1. The van der Waals surface area contributed by atoms with Crippen molar-refractivity contribution in [2.24, 2.45) is 0 Å². The Morgan fingerprint density at radius 2 is 1.63 bits per heavy atom. The Balaban J connectivity index is 1.19. The maximum absolute atomic E-state index is 12.7. The summed E-state index contributed by atoms with van der Waals surface area (Å²) in [5.74, 6) is -0.938. The van der Waals surface area contributed by atoms with Crippen LogP contribution in [-0.2, 0) is 25.2 Å². The van der Waals surface area contributed by atoms with Crippen LogP contribution < -0.4 is 5.32 Å². The van der Waals surface area contributed by atoms with Crippen molar-refractivity contribution in [2.45, 2.75) is 67.9 Å². The number of ether oxygens (including phenoxy) is 2. The molecule has 4 aliphatic carbocycles. The van der Waals surface area contributed by atoms with E-state index in [9.17, 15) is 40.7 Å². The van der Waals surface area contributed by atoms with E-state index in [2.05, 4.69) is 10.1 Å². The summed E-state index contributed by atoms with van der Waals surface area (Å²) < 4.78 is 83.6. The lowest BCUT2D eigenvalue weighted by molar-refractivity contribution is -0.357. The smallest absolute Gasteiger partial charge is 0.368 e. The van der Waals surface area contributed by atoms with E-state index in [-0.39, 0.29) is 31.6 Å². The number of hydrogen-bond donors (Lipinski definition) is 1. The first-order valence-corrected chi connectivity index (χ1v) is 10.8. The van der Waals surface area contributed by atoms with E-state index in [1.807, 2.05) is 0 Å². The monoisotopic (exact) mass is 508 g/mol. The zero-order chi connectivity index (χ0) is 25.6. The Hall–Kier alpha value is -2.67. The summed E-state index contributed by atoms with van der Waals surface area (Å²) in [5.41, 5.74) is -1.97. The van der Waals surface area contributed by atoms with Crippen molar-refractivity contribution in [3.63, 3.8) is 0 Å². The number of halogens is 6. The van der Waals surface area contributed by atoms with E-state index in [0.717, 1.165) is 24.3 Å². The van der Waals surface area contributed by atoms with Crippen LogP contribution in [0.4, 0.5) is 26.3 Å². The molecule has 0 unspecified atom stereocenters. The van der Waals surface area contributed by atoms with Gasteiger partial charge in [-0.05, 0) is 31.4 Å². The molecule has 4 fully saturated rings. The molecular formula is C22H22F6N2O5. The summed E-state index contributed by atoms with van der Waals surface area (Å²) in [4.78, 5) is 37.6. The minimum atomic E-state index is -4.70. The van der Waals surface area contributed by atoms with Crippen LogP contribution in [-0.4, -0.2) is 65.8 Å². The highest BCUT2D eigenvalue weighted by atomic mass is 19.4. The van der Waals surface area contributed by atoms with Gasteiger partial charge in [-0.1, -0.05) is 12.1 Å². The molecule has 1 N–H and O–H groups in total. The number of nitrogens with one attached hydrogen (secondary N) is 1. The Morgan fingerprint density at radius 3 is 2.14 bits per heavy atom. The molecule has 5 rings (SSSR count). The summed E-state index contributed by atoms with van der Waals surface area (Å²) in [6, 6.07) is 3.74. The second-order valence-corrected chi connectivity index (χ2v) is 9.40. The number of Topliss-reactive ketones (excluding diaryl/α,β-unsaturated/α-hetero) is 1. The molecule has 0 spiro atoms. The van der Waals surface area contributed by atoms with Gasteiger partial charge in [-0.2, -0.15) is 13.2 Å². The maximum Gasteiger partial charge on any atom is 0.522 e. The van der Waals surface area contributed by atoms with Crippen molar-refractivity contribution < 1.29 is 50.2 Å². The van der Waals surface area contributed by atoms with Crippen LogP contribution in [0.1, 0.15) is 48.0 Å². The zero-order valence-electron chi connectivity index (χ0n) is 18.2. The molecule has 35 heavy (non-hydrogen) atoms. The third kappa shape index (κ3) is 5.45. The van der Waals surface area contributed by atoms with Crippen LogP contribution in [0, 0.1) is 0 Å². The molecule has 0 atom stereocenters. The predicted molar refractivity (Wildman–Crippen MR) is 106 cm³/mol. The van der Waals surface area contributed by atoms with Gasteiger partial charge in [0.05, 0.1) is 24.3 Å². The standard InChI is InChI=1S/C22H22F6N2O5/c23-21(24,25)14-3-1-13(2-4-14)17(32)7-30(12-31)20-9-19(10-20,11-20)29-18(33)8-34-15-5-16(6-15)35-22(26,27)28/h1-4,12,15-16H,5-11H2,(H,29,33).